The lowest BCUT2D eigenvalue weighted by molar-refractivity contribution is 0.827. The minimum absolute atomic E-state index is 0.444. The fourth-order valence-electron chi connectivity index (χ4n) is 2.76. The zero-order chi connectivity index (χ0) is 12.9. The van der Waals surface area contributed by atoms with Gasteiger partial charge in [-0.3, -0.25) is 0 Å². The van der Waals surface area contributed by atoms with Crippen molar-refractivity contribution in [3.8, 4) is 0 Å². The Morgan fingerprint density at radius 1 is 1.33 bits per heavy atom. The van der Waals surface area contributed by atoms with Crippen molar-refractivity contribution in [1.29, 1.82) is 0 Å². The van der Waals surface area contributed by atoms with Crippen LogP contribution in [0.4, 0.5) is 5.69 Å². The zero-order valence-electron chi connectivity index (χ0n) is 9.98. The van der Waals surface area contributed by atoms with E-state index in [1.807, 2.05) is 4.90 Å². The highest BCUT2D eigenvalue weighted by Gasteiger charge is 2.28. The molecule has 1 aliphatic rings. The average molecular weight is 321 g/mol. The van der Waals surface area contributed by atoms with Gasteiger partial charge in [0.05, 0.1) is 0 Å². The second-order valence-electron chi connectivity index (χ2n) is 4.68. The summed E-state index contributed by atoms with van der Waals surface area (Å²) < 4.78 is 1.13. The highest BCUT2D eigenvalue weighted by molar-refractivity contribution is 9.10. The molecule has 0 saturated heterocycles. The van der Waals surface area contributed by atoms with Gasteiger partial charge in [0.2, 0.25) is 0 Å². The number of halogens is 1. The molecule has 0 radical (unpaired) electrons. The van der Waals surface area contributed by atoms with Crippen LogP contribution in [0.5, 0.6) is 0 Å². The molecule has 0 bridgehead atoms. The molecule has 1 atom stereocenters. The van der Waals surface area contributed by atoms with Gasteiger partial charge >= 0.3 is 0 Å². The Bertz CT molecular complexity index is 654. The molecule has 0 aromatic heterocycles. The minimum Gasteiger partial charge on any atom is -0.376 e. The van der Waals surface area contributed by atoms with Crippen molar-refractivity contribution in [2.75, 3.05) is 11.4 Å². The summed E-state index contributed by atoms with van der Waals surface area (Å²) in [4.78, 5) is 2.02. The third-order valence-electron chi connectivity index (χ3n) is 3.53. The van der Waals surface area contributed by atoms with E-state index in [1.54, 1.807) is 0 Å². The Kier molecular flexibility index (Phi) is 2.79. The summed E-state index contributed by atoms with van der Waals surface area (Å²) in [6, 6.07) is 10.5. The van der Waals surface area contributed by atoms with Crippen LogP contribution >= 0.6 is 28.1 Å². The van der Waals surface area contributed by atoms with E-state index in [0.29, 0.717) is 11.0 Å². The van der Waals surface area contributed by atoms with Crippen molar-refractivity contribution >= 4 is 49.7 Å². The summed E-state index contributed by atoms with van der Waals surface area (Å²) in [5.74, 6) is 0.444. The number of thiocarbonyl (C=S) groups is 1. The van der Waals surface area contributed by atoms with Crippen LogP contribution in [0.2, 0.25) is 0 Å². The zero-order valence-corrected chi connectivity index (χ0v) is 12.4. The molecule has 2 aromatic carbocycles. The molecular formula is C14H13BrN2S. The second kappa shape index (κ2) is 4.21. The normalized spacial score (nSPS) is 18.1. The van der Waals surface area contributed by atoms with Crippen molar-refractivity contribution in [2.24, 2.45) is 5.73 Å². The topological polar surface area (TPSA) is 29.3 Å². The van der Waals surface area contributed by atoms with Crippen molar-refractivity contribution < 1.29 is 0 Å². The maximum atomic E-state index is 5.80. The van der Waals surface area contributed by atoms with E-state index in [9.17, 15) is 0 Å². The number of hydrogen-bond acceptors (Lipinski definition) is 1. The van der Waals surface area contributed by atoms with Gasteiger partial charge in [-0.25, -0.2) is 0 Å². The summed E-state index contributed by atoms with van der Waals surface area (Å²) in [6.45, 7) is 3.09. The van der Waals surface area contributed by atoms with Crippen LogP contribution in [-0.4, -0.2) is 11.7 Å². The van der Waals surface area contributed by atoms with E-state index in [0.717, 1.165) is 16.7 Å². The number of hydrogen-bond donors (Lipinski definition) is 1. The quantitative estimate of drug-likeness (QED) is 0.749. The van der Waals surface area contributed by atoms with E-state index in [4.69, 9.17) is 18.0 Å². The molecule has 1 heterocycles. The lowest BCUT2D eigenvalue weighted by Crippen LogP contribution is -2.34. The summed E-state index contributed by atoms with van der Waals surface area (Å²) in [6.07, 6.45) is 0. The number of benzene rings is 2. The smallest absolute Gasteiger partial charge is 0.170 e. The molecule has 2 N–H and O–H groups in total. The Labute approximate surface area is 120 Å². The van der Waals surface area contributed by atoms with Crippen LogP contribution in [0.1, 0.15) is 18.4 Å². The Hall–Kier alpha value is -1.13. The SMILES string of the molecule is CC1CN(C(N)=S)c2ccc3c(Br)cccc3c21. The molecule has 0 aliphatic carbocycles. The van der Waals surface area contributed by atoms with Gasteiger partial charge in [-0.1, -0.05) is 41.1 Å². The number of anilines is 1. The van der Waals surface area contributed by atoms with E-state index < -0.39 is 0 Å². The highest BCUT2D eigenvalue weighted by atomic mass is 79.9. The molecule has 0 amide bonds. The molecule has 2 nitrogen and oxygen atoms in total. The minimum atomic E-state index is 0.444. The Balaban J connectivity index is 2.33. The van der Waals surface area contributed by atoms with Crippen molar-refractivity contribution in [2.45, 2.75) is 12.8 Å². The molecule has 0 spiro atoms. The van der Waals surface area contributed by atoms with Crippen LogP contribution in [-0.2, 0) is 0 Å². The highest BCUT2D eigenvalue weighted by Crippen LogP contribution is 2.42. The fraction of sp³-hybridized carbons (Fsp3) is 0.214. The largest absolute Gasteiger partial charge is 0.376 e. The van der Waals surface area contributed by atoms with E-state index >= 15 is 0 Å². The lowest BCUT2D eigenvalue weighted by atomic mass is 9.96. The molecule has 0 fully saturated rings. The molecule has 3 rings (SSSR count). The molecule has 18 heavy (non-hydrogen) atoms. The van der Waals surface area contributed by atoms with Gasteiger partial charge in [-0.15, -0.1) is 0 Å². The average Bonchev–Trinajstić information content (AvgIpc) is 2.68. The number of nitrogens with two attached hydrogens (primary N) is 1. The number of nitrogens with zero attached hydrogens (tertiary/aromatic N) is 1. The van der Waals surface area contributed by atoms with Gasteiger partial charge < -0.3 is 10.6 Å². The Morgan fingerprint density at radius 3 is 2.83 bits per heavy atom. The Morgan fingerprint density at radius 2 is 2.11 bits per heavy atom. The third kappa shape index (κ3) is 1.63. The molecule has 92 valence electrons. The molecule has 0 saturated carbocycles. The monoisotopic (exact) mass is 320 g/mol. The van der Waals surface area contributed by atoms with E-state index in [2.05, 4.69) is 53.2 Å². The van der Waals surface area contributed by atoms with Crippen molar-refractivity contribution in [3.63, 3.8) is 0 Å². The maximum Gasteiger partial charge on any atom is 0.170 e. The van der Waals surface area contributed by atoms with Gasteiger partial charge in [0, 0.05) is 22.6 Å². The first kappa shape index (κ1) is 11.9. The fourth-order valence-corrected chi connectivity index (χ4v) is 3.43. The molecule has 2 aromatic rings. The number of fused-ring (bicyclic) bond motifs is 3. The van der Waals surface area contributed by atoms with E-state index in [-0.39, 0.29) is 0 Å². The van der Waals surface area contributed by atoms with Gasteiger partial charge in [-0.2, -0.15) is 0 Å². The van der Waals surface area contributed by atoms with Crippen LogP contribution in [0.3, 0.4) is 0 Å². The first-order valence-corrected chi connectivity index (χ1v) is 7.08. The standard InChI is InChI=1S/C14H13BrN2S/c1-8-7-17(14(16)18)12-6-5-9-10(13(8)12)3-2-4-11(9)15/h2-6,8H,7H2,1H3,(H2,16,18). The summed E-state index contributed by atoms with van der Waals surface area (Å²) >= 11 is 8.73. The molecule has 1 aliphatic heterocycles. The van der Waals surface area contributed by atoms with Crippen molar-refractivity contribution in [1.82, 2.24) is 0 Å². The summed E-state index contributed by atoms with van der Waals surface area (Å²) in [5, 5.41) is 2.98. The second-order valence-corrected chi connectivity index (χ2v) is 5.96. The van der Waals surface area contributed by atoms with Crippen LogP contribution in [0.15, 0.2) is 34.8 Å². The van der Waals surface area contributed by atoms with Gasteiger partial charge in [0.1, 0.15) is 0 Å². The van der Waals surface area contributed by atoms with E-state index in [1.165, 1.54) is 16.3 Å². The molecule has 1 unspecified atom stereocenters. The number of rotatable bonds is 0. The van der Waals surface area contributed by atoms with Gasteiger partial charge in [0.25, 0.3) is 0 Å². The third-order valence-corrected chi connectivity index (χ3v) is 4.44. The predicted molar refractivity (Wildman–Crippen MR) is 84.2 cm³/mol. The molecular weight excluding hydrogens is 308 g/mol. The molecule has 4 heteroatoms. The van der Waals surface area contributed by atoms with Gasteiger partial charge in [0.15, 0.2) is 5.11 Å². The van der Waals surface area contributed by atoms with Gasteiger partial charge in [-0.05, 0) is 40.7 Å². The maximum absolute atomic E-state index is 5.80. The summed E-state index contributed by atoms with van der Waals surface area (Å²) in [5.41, 5.74) is 8.30. The summed E-state index contributed by atoms with van der Waals surface area (Å²) in [7, 11) is 0. The first-order valence-electron chi connectivity index (χ1n) is 5.87. The van der Waals surface area contributed by atoms with Crippen LogP contribution in [0, 0.1) is 0 Å². The van der Waals surface area contributed by atoms with Crippen molar-refractivity contribution in [3.05, 3.63) is 40.4 Å². The van der Waals surface area contributed by atoms with Crippen LogP contribution < -0.4 is 10.6 Å². The predicted octanol–water partition coefficient (Wildman–Crippen LogP) is 3.77. The van der Waals surface area contributed by atoms with Crippen LogP contribution in [0.25, 0.3) is 10.8 Å². The lowest BCUT2D eigenvalue weighted by Gasteiger charge is -2.17. The first-order chi connectivity index (χ1) is 8.59.